The van der Waals surface area contributed by atoms with Crippen LogP contribution in [-0.2, 0) is 0 Å². The van der Waals surface area contributed by atoms with E-state index in [1.165, 1.54) is 42.5 Å². The molecule has 0 heterocycles. The number of hydrogen-bond acceptors (Lipinski definition) is 5. The van der Waals surface area contributed by atoms with Gasteiger partial charge in [-0.3, -0.25) is 20.2 Å². The number of hydrogen-bond donors (Lipinski definition) is 1. The summed E-state index contributed by atoms with van der Waals surface area (Å²) in [5.74, 6) is -0.0368. The zero-order valence-electron chi connectivity index (χ0n) is 11.0. The van der Waals surface area contributed by atoms with E-state index in [1.807, 2.05) is 0 Å². The van der Waals surface area contributed by atoms with Gasteiger partial charge in [-0.25, -0.2) is 0 Å². The summed E-state index contributed by atoms with van der Waals surface area (Å²) in [5, 5.41) is 31.7. The highest BCUT2D eigenvalue weighted by Gasteiger charge is 2.17. The Morgan fingerprint density at radius 3 is 2.27 bits per heavy atom. The maximum atomic E-state index is 11.0. The summed E-state index contributed by atoms with van der Waals surface area (Å²) in [5.41, 5.74) is -0.212. The van der Waals surface area contributed by atoms with Gasteiger partial charge in [0.15, 0.2) is 0 Å². The van der Waals surface area contributed by atoms with E-state index in [9.17, 15) is 25.3 Å². The molecule has 0 saturated carbocycles. The number of benzene rings is 2. The number of nitro benzene ring substituents is 2. The van der Waals surface area contributed by atoms with Crippen LogP contribution in [0.4, 0.5) is 11.4 Å². The van der Waals surface area contributed by atoms with Crippen LogP contribution in [0.15, 0.2) is 36.4 Å². The average molecular weight is 321 g/mol. The van der Waals surface area contributed by atoms with Crippen LogP contribution in [0.5, 0.6) is 5.75 Å². The predicted octanol–water partition coefficient (Wildman–Crippen LogP) is 4.03. The molecule has 0 atom stereocenters. The topological polar surface area (TPSA) is 107 Å². The minimum Gasteiger partial charge on any atom is -0.507 e. The van der Waals surface area contributed by atoms with Gasteiger partial charge < -0.3 is 5.11 Å². The van der Waals surface area contributed by atoms with Crippen LogP contribution < -0.4 is 0 Å². The molecule has 0 aliphatic carbocycles. The summed E-state index contributed by atoms with van der Waals surface area (Å²) in [4.78, 5) is 20.3. The average Bonchev–Trinajstić information content (AvgIpc) is 2.47. The molecule has 0 aliphatic rings. The van der Waals surface area contributed by atoms with Crippen LogP contribution in [0.3, 0.4) is 0 Å². The number of aromatic hydroxyl groups is 1. The second kappa shape index (κ2) is 6.23. The lowest BCUT2D eigenvalue weighted by Crippen LogP contribution is -1.94. The second-order valence-corrected chi connectivity index (χ2v) is 4.73. The van der Waals surface area contributed by atoms with Crippen LogP contribution >= 0.6 is 11.6 Å². The summed E-state index contributed by atoms with van der Waals surface area (Å²) < 4.78 is 0. The number of non-ortho nitro benzene ring substituents is 1. The molecule has 0 amide bonds. The third-order valence-electron chi connectivity index (χ3n) is 2.85. The first-order valence-electron chi connectivity index (χ1n) is 5.98. The highest BCUT2D eigenvalue weighted by Crippen LogP contribution is 2.28. The number of nitrogens with zero attached hydrogens (tertiary/aromatic N) is 2. The lowest BCUT2D eigenvalue weighted by atomic mass is 10.1. The van der Waals surface area contributed by atoms with Gasteiger partial charge in [0.25, 0.3) is 11.4 Å². The minimum absolute atomic E-state index is 0.0368. The Labute approximate surface area is 129 Å². The van der Waals surface area contributed by atoms with E-state index in [0.29, 0.717) is 10.6 Å². The molecule has 1 N–H and O–H groups in total. The lowest BCUT2D eigenvalue weighted by Gasteiger charge is -2.01. The van der Waals surface area contributed by atoms with E-state index in [2.05, 4.69) is 0 Å². The summed E-state index contributed by atoms with van der Waals surface area (Å²) >= 11 is 5.81. The Bertz CT molecular complexity index is 789. The molecular formula is C14H9ClN2O5. The number of nitro groups is 2. The Hall–Kier alpha value is -2.93. The van der Waals surface area contributed by atoms with Crippen molar-refractivity contribution in [3.8, 4) is 5.75 Å². The molecule has 2 aromatic carbocycles. The van der Waals surface area contributed by atoms with Crippen molar-refractivity contribution >= 4 is 35.1 Å². The van der Waals surface area contributed by atoms with Crippen molar-refractivity contribution in [2.75, 3.05) is 0 Å². The Kier molecular flexibility index (Phi) is 4.38. The first-order chi connectivity index (χ1) is 10.4. The fourth-order valence-electron chi connectivity index (χ4n) is 1.78. The Balaban J connectivity index is 2.44. The molecule has 0 aromatic heterocycles. The largest absolute Gasteiger partial charge is 0.507 e. The summed E-state index contributed by atoms with van der Waals surface area (Å²) in [7, 11) is 0. The van der Waals surface area contributed by atoms with Crippen molar-refractivity contribution in [3.63, 3.8) is 0 Å². The smallest absolute Gasteiger partial charge is 0.283 e. The van der Waals surface area contributed by atoms with Gasteiger partial charge in [-0.2, -0.15) is 0 Å². The van der Waals surface area contributed by atoms with E-state index in [0.717, 1.165) is 6.07 Å². The molecular weight excluding hydrogens is 312 g/mol. The molecule has 22 heavy (non-hydrogen) atoms. The molecule has 0 unspecified atom stereocenters. The lowest BCUT2D eigenvalue weighted by molar-refractivity contribution is -0.394. The Morgan fingerprint density at radius 2 is 1.64 bits per heavy atom. The number of phenolic OH excluding ortho intramolecular Hbond substituents is 1. The van der Waals surface area contributed by atoms with Crippen molar-refractivity contribution in [2.45, 2.75) is 0 Å². The fraction of sp³-hybridized carbons (Fsp3) is 0. The quantitative estimate of drug-likeness (QED) is 0.520. The number of rotatable bonds is 4. The highest BCUT2D eigenvalue weighted by atomic mass is 35.5. The standard InChI is InChI=1S/C14H9ClN2O5/c15-11-4-6-14(18)10(7-11)2-1-9-3-5-12(16(19)20)8-13(9)17(21)22/h1-8,18H/b2-1+. The van der Waals surface area contributed by atoms with Gasteiger partial charge in [-0.15, -0.1) is 0 Å². The number of halogens is 1. The van der Waals surface area contributed by atoms with Gasteiger partial charge in [-0.05, 0) is 30.3 Å². The molecule has 0 fully saturated rings. The van der Waals surface area contributed by atoms with Crippen LogP contribution in [0, 0.1) is 20.2 Å². The molecule has 0 bridgehead atoms. The molecule has 0 aliphatic heterocycles. The van der Waals surface area contributed by atoms with Gasteiger partial charge in [-0.1, -0.05) is 17.7 Å². The van der Waals surface area contributed by atoms with Crippen LogP contribution in [0.2, 0.25) is 5.02 Å². The predicted molar refractivity (Wildman–Crippen MR) is 81.8 cm³/mol. The minimum atomic E-state index is -0.705. The third-order valence-corrected chi connectivity index (χ3v) is 3.09. The van der Waals surface area contributed by atoms with Crippen molar-refractivity contribution < 1.29 is 15.0 Å². The van der Waals surface area contributed by atoms with E-state index in [1.54, 1.807) is 0 Å². The van der Waals surface area contributed by atoms with Crippen LogP contribution in [0.1, 0.15) is 11.1 Å². The van der Waals surface area contributed by atoms with Gasteiger partial charge in [0, 0.05) is 16.7 Å². The van der Waals surface area contributed by atoms with Gasteiger partial charge in [0.05, 0.1) is 21.5 Å². The van der Waals surface area contributed by atoms with Crippen LogP contribution in [-0.4, -0.2) is 15.0 Å². The molecule has 7 nitrogen and oxygen atoms in total. The van der Waals surface area contributed by atoms with Gasteiger partial charge in [0.1, 0.15) is 5.75 Å². The SMILES string of the molecule is O=[N+]([O-])c1ccc(/C=C/c2cc(Cl)ccc2O)c([N+](=O)[O-])c1. The molecule has 0 spiro atoms. The van der Waals surface area contributed by atoms with Crippen molar-refractivity contribution in [1.82, 2.24) is 0 Å². The highest BCUT2D eigenvalue weighted by molar-refractivity contribution is 6.30. The van der Waals surface area contributed by atoms with Crippen molar-refractivity contribution in [1.29, 1.82) is 0 Å². The first kappa shape index (κ1) is 15.5. The monoisotopic (exact) mass is 320 g/mol. The molecule has 2 rings (SSSR count). The van der Waals surface area contributed by atoms with E-state index < -0.39 is 15.5 Å². The number of phenols is 1. The summed E-state index contributed by atoms with van der Waals surface area (Å²) in [6.07, 6.45) is 2.82. The van der Waals surface area contributed by atoms with Crippen LogP contribution in [0.25, 0.3) is 12.2 Å². The molecule has 2 aromatic rings. The van der Waals surface area contributed by atoms with E-state index in [4.69, 9.17) is 11.6 Å². The molecule has 112 valence electrons. The van der Waals surface area contributed by atoms with Gasteiger partial charge in [0.2, 0.25) is 0 Å². The normalized spacial score (nSPS) is 10.8. The second-order valence-electron chi connectivity index (χ2n) is 4.29. The fourth-order valence-corrected chi connectivity index (χ4v) is 1.96. The Morgan fingerprint density at radius 1 is 0.955 bits per heavy atom. The van der Waals surface area contributed by atoms with Gasteiger partial charge >= 0.3 is 0 Å². The summed E-state index contributed by atoms with van der Waals surface area (Å²) in [6.45, 7) is 0. The van der Waals surface area contributed by atoms with E-state index >= 15 is 0 Å². The maximum absolute atomic E-state index is 11.0. The summed E-state index contributed by atoms with van der Waals surface area (Å²) in [6, 6.07) is 7.72. The van der Waals surface area contributed by atoms with E-state index in [-0.39, 0.29) is 17.0 Å². The van der Waals surface area contributed by atoms with Crippen molar-refractivity contribution in [3.05, 3.63) is 72.8 Å². The third kappa shape index (κ3) is 3.39. The zero-order chi connectivity index (χ0) is 16.3. The molecule has 0 radical (unpaired) electrons. The maximum Gasteiger partial charge on any atom is 0.283 e. The van der Waals surface area contributed by atoms with Crippen molar-refractivity contribution in [2.24, 2.45) is 0 Å². The molecule has 8 heteroatoms. The first-order valence-corrected chi connectivity index (χ1v) is 6.35. The molecule has 0 saturated heterocycles. The zero-order valence-corrected chi connectivity index (χ0v) is 11.7.